The molecule has 0 saturated heterocycles. The molecule has 0 aliphatic heterocycles. The zero-order chi connectivity index (χ0) is 5.54. The van der Waals surface area contributed by atoms with Gasteiger partial charge < -0.3 is 4.74 Å². The second-order valence-corrected chi connectivity index (χ2v) is 1.18. The van der Waals surface area contributed by atoms with Crippen molar-refractivity contribution in [3.05, 3.63) is 19.3 Å². The SMILES string of the molecule is C=CCCO[CH]C. The van der Waals surface area contributed by atoms with Crippen LogP contribution < -0.4 is 0 Å². The van der Waals surface area contributed by atoms with Crippen LogP contribution in [-0.4, -0.2) is 6.61 Å². The topological polar surface area (TPSA) is 9.23 Å². The van der Waals surface area contributed by atoms with E-state index in [9.17, 15) is 0 Å². The highest BCUT2D eigenvalue weighted by Crippen LogP contribution is 1.83. The van der Waals surface area contributed by atoms with Crippen molar-refractivity contribution in [1.29, 1.82) is 0 Å². The highest BCUT2D eigenvalue weighted by molar-refractivity contribution is 4.64. The molecule has 0 N–H and O–H groups in total. The van der Waals surface area contributed by atoms with Gasteiger partial charge in [0.15, 0.2) is 0 Å². The van der Waals surface area contributed by atoms with Crippen LogP contribution >= 0.6 is 0 Å². The van der Waals surface area contributed by atoms with Crippen molar-refractivity contribution in [3.8, 4) is 0 Å². The highest BCUT2D eigenvalue weighted by atomic mass is 16.5. The standard InChI is InChI=1S/C6H11O/c1-3-5-6-7-4-2/h3-4H,1,5-6H2,2H3. The van der Waals surface area contributed by atoms with Gasteiger partial charge in [0.25, 0.3) is 0 Å². The minimum Gasteiger partial charge on any atom is -0.376 e. The fourth-order valence-electron chi connectivity index (χ4n) is 0.269. The van der Waals surface area contributed by atoms with Crippen LogP contribution in [0.15, 0.2) is 12.7 Å². The lowest BCUT2D eigenvalue weighted by Crippen LogP contribution is -1.84. The lowest BCUT2D eigenvalue weighted by atomic mass is 10.5. The lowest BCUT2D eigenvalue weighted by Gasteiger charge is -1.91. The minimum absolute atomic E-state index is 0.764. The maximum atomic E-state index is 4.88. The third kappa shape index (κ3) is 5.70. The Bertz CT molecular complexity index is 41.4. The van der Waals surface area contributed by atoms with Crippen molar-refractivity contribution in [2.24, 2.45) is 0 Å². The van der Waals surface area contributed by atoms with Crippen molar-refractivity contribution < 1.29 is 4.74 Å². The van der Waals surface area contributed by atoms with Crippen LogP contribution in [0.1, 0.15) is 13.3 Å². The van der Waals surface area contributed by atoms with Crippen LogP contribution in [0, 0.1) is 6.61 Å². The van der Waals surface area contributed by atoms with E-state index in [1.807, 2.05) is 13.0 Å². The average molecular weight is 99.2 g/mol. The number of hydrogen-bond donors (Lipinski definition) is 0. The number of ether oxygens (including phenoxy) is 1. The summed E-state index contributed by atoms with van der Waals surface area (Å²) in [5.74, 6) is 0. The molecule has 0 aromatic carbocycles. The van der Waals surface area contributed by atoms with Crippen LogP contribution in [0.2, 0.25) is 0 Å². The Morgan fingerprint density at radius 1 is 1.71 bits per heavy atom. The van der Waals surface area contributed by atoms with E-state index in [-0.39, 0.29) is 0 Å². The van der Waals surface area contributed by atoms with Gasteiger partial charge in [-0.15, -0.1) is 6.58 Å². The van der Waals surface area contributed by atoms with Gasteiger partial charge in [-0.25, -0.2) is 0 Å². The molecule has 0 aromatic rings. The number of hydrogen-bond acceptors (Lipinski definition) is 1. The first kappa shape index (κ1) is 6.70. The molecule has 41 valence electrons. The van der Waals surface area contributed by atoms with Crippen molar-refractivity contribution in [2.45, 2.75) is 13.3 Å². The molecule has 0 rings (SSSR count). The zero-order valence-corrected chi connectivity index (χ0v) is 4.68. The Morgan fingerprint density at radius 3 is 2.86 bits per heavy atom. The monoisotopic (exact) mass is 99.1 g/mol. The zero-order valence-electron chi connectivity index (χ0n) is 4.68. The Hall–Kier alpha value is -0.300. The van der Waals surface area contributed by atoms with E-state index >= 15 is 0 Å². The quantitative estimate of drug-likeness (QED) is 0.385. The Kier molecular flexibility index (Phi) is 5.46. The molecule has 7 heavy (non-hydrogen) atoms. The Morgan fingerprint density at radius 2 is 2.43 bits per heavy atom. The van der Waals surface area contributed by atoms with Gasteiger partial charge in [-0.1, -0.05) is 6.08 Å². The van der Waals surface area contributed by atoms with Gasteiger partial charge in [-0.3, -0.25) is 0 Å². The maximum Gasteiger partial charge on any atom is 0.0806 e. The van der Waals surface area contributed by atoms with Gasteiger partial charge in [0.1, 0.15) is 0 Å². The van der Waals surface area contributed by atoms with Gasteiger partial charge in [0.05, 0.1) is 13.2 Å². The Labute approximate surface area is 45.0 Å². The Balaban J connectivity index is 2.56. The summed E-state index contributed by atoms with van der Waals surface area (Å²) in [4.78, 5) is 0. The molecule has 1 nitrogen and oxygen atoms in total. The molecule has 0 saturated carbocycles. The summed E-state index contributed by atoms with van der Waals surface area (Å²) >= 11 is 0. The van der Waals surface area contributed by atoms with Crippen molar-refractivity contribution in [3.63, 3.8) is 0 Å². The summed E-state index contributed by atoms with van der Waals surface area (Å²) in [6.07, 6.45) is 2.77. The summed E-state index contributed by atoms with van der Waals surface area (Å²) in [5.41, 5.74) is 0. The first-order valence-corrected chi connectivity index (χ1v) is 2.42. The van der Waals surface area contributed by atoms with E-state index in [2.05, 4.69) is 6.58 Å². The second kappa shape index (κ2) is 5.70. The van der Waals surface area contributed by atoms with Gasteiger partial charge in [-0.2, -0.15) is 0 Å². The predicted octanol–water partition coefficient (Wildman–Crippen LogP) is 1.76. The molecule has 0 aliphatic carbocycles. The smallest absolute Gasteiger partial charge is 0.0806 e. The van der Waals surface area contributed by atoms with Gasteiger partial charge in [0.2, 0.25) is 0 Å². The van der Waals surface area contributed by atoms with Crippen LogP contribution in [-0.2, 0) is 4.74 Å². The molecule has 0 heterocycles. The molecule has 0 spiro atoms. The van der Waals surface area contributed by atoms with Gasteiger partial charge in [-0.05, 0) is 13.3 Å². The molecule has 0 aromatic heterocycles. The van der Waals surface area contributed by atoms with Crippen molar-refractivity contribution in [2.75, 3.05) is 6.61 Å². The van der Waals surface area contributed by atoms with E-state index < -0.39 is 0 Å². The molecule has 0 bridgehead atoms. The van der Waals surface area contributed by atoms with Gasteiger partial charge in [0, 0.05) is 0 Å². The lowest BCUT2D eigenvalue weighted by molar-refractivity contribution is 0.210. The van der Waals surface area contributed by atoms with E-state index in [0.717, 1.165) is 13.0 Å². The van der Waals surface area contributed by atoms with E-state index in [1.54, 1.807) is 6.61 Å². The number of rotatable bonds is 4. The summed E-state index contributed by atoms with van der Waals surface area (Å²) < 4.78 is 4.88. The molecule has 0 aliphatic rings. The fraction of sp³-hybridized carbons (Fsp3) is 0.500. The molecule has 1 radical (unpaired) electrons. The first-order chi connectivity index (χ1) is 3.41. The molecule has 0 atom stereocenters. The van der Waals surface area contributed by atoms with E-state index in [1.165, 1.54) is 0 Å². The van der Waals surface area contributed by atoms with Crippen molar-refractivity contribution in [1.82, 2.24) is 0 Å². The fourth-order valence-corrected chi connectivity index (χ4v) is 0.269. The first-order valence-electron chi connectivity index (χ1n) is 2.42. The molecule has 0 fully saturated rings. The molecular formula is C6H11O. The average Bonchev–Trinajstić information content (AvgIpc) is 1.69. The van der Waals surface area contributed by atoms with Crippen LogP contribution in [0.3, 0.4) is 0 Å². The summed E-state index contributed by atoms with van der Waals surface area (Å²) in [7, 11) is 0. The van der Waals surface area contributed by atoms with E-state index in [4.69, 9.17) is 4.74 Å². The van der Waals surface area contributed by atoms with Crippen LogP contribution in [0.4, 0.5) is 0 Å². The summed E-state index contributed by atoms with van der Waals surface area (Å²) in [6.45, 7) is 7.85. The largest absolute Gasteiger partial charge is 0.376 e. The molecule has 1 heteroatoms. The summed E-state index contributed by atoms with van der Waals surface area (Å²) in [5, 5.41) is 0. The summed E-state index contributed by atoms with van der Waals surface area (Å²) in [6, 6.07) is 0. The molecular weight excluding hydrogens is 88.1 g/mol. The van der Waals surface area contributed by atoms with Crippen molar-refractivity contribution >= 4 is 0 Å². The third-order valence-electron chi connectivity index (χ3n) is 0.606. The second-order valence-electron chi connectivity index (χ2n) is 1.18. The minimum atomic E-state index is 0.764. The predicted molar refractivity (Wildman–Crippen MR) is 30.7 cm³/mol. The van der Waals surface area contributed by atoms with E-state index in [0.29, 0.717) is 0 Å². The van der Waals surface area contributed by atoms with Crippen LogP contribution in [0.25, 0.3) is 0 Å². The maximum absolute atomic E-state index is 4.88. The third-order valence-corrected chi connectivity index (χ3v) is 0.606. The molecule has 0 unspecified atom stereocenters. The van der Waals surface area contributed by atoms with Crippen LogP contribution in [0.5, 0.6) is 0 Å². The van der Waals surface area contributed by atoms with Gasteiger partial charge >= 0.3 is 0 Å². The highest BCUT2D eigenvalue weighted by Gasteiger charge is 1.76. The molecule has 0 amide bonds. The normalized spacial score (nSPS) is 8.71.